The van der Waals surface area contributed by atoms with Gasteiger partial charge in [-0.15, -0.1) is 0 Å². The number of benzene rings is 2. The summed E-state index contributed by atoms with van der Waals surface area (Å²) < 4.78 is 77.2. The number of carbonyl (C=O) groups is 1. The molecule has 0 unspecified atom stereocenters. The summed E-state index contributed by atoms with van der Waals surface area (Å²) >= 11 is 0. The zero-order valence-electron chi connectivity index (χ0n) is 9.99. The minimum atomic E-state index is -1.76. The average molecular weight is 305 g/mol. The number of hydrogen-bond donors (Lipinski definition) is 1. The lowest BCUT2D eigenvalue weighted by atomic mass is 10.2. The lowest BCUT2D eigenvalue weighted by Gasteiger charge is -2.07. The lowest BCUT2D eigenvalue weighted by molar-refractivity contribution is 0.102. The molecule has 0 spiro atoms. The summed E-state index contributed by atoms with van der Waals surface area (Å²) in [5.41, 5.74) is -1.09. The summed E-state index contributed by atoms with van der Waals surface area (Å²) in [6, 6.07) is 1.77. The minimum Gasteiger partial charge on any atom is -0.322 e. The van der Waals surface area contributed by atoms with Crippen LogP contribution < -0.4 is 5.32 Å². The first-order valence-corrected chi connectivity index (χ1v) is 5.40. The highest BCUT2D eigenvalue weighted by atomic mass is 19.2. The number of carbonyl (C=O) groups excluding carboxylic acids is 1. The zero-order valence-corrected chi connectivity index (χ0v) is 9.99. The topological polar surface area (TPSA) is 29.1 Å². The first-order chi connectivity index (χ1) is 9.79. The fourth-order valence-corrected chi connectivity index (χ4v) is 1.52. The molecule has 0 heterocycles. The van der Waals surface area contributed by atoms with Crippen molar-refractivity contribution in [3.63, 3.8) is 0 Å². The number of amides is 1. The molecule has 0 aliphatic carbocycles. The maximum atomic E-state index is 13.0. The molecule has 0 saturated heterocycles. The number of nitrogens with one attached hydrogen (secondary N) is 1. The second-order valence-corrected chi connectivity index (χ2v) is 3.96. The molecule has 1 N–H and O–H groups in total. The van der Waals surface area contributed by atoms with Crippen LogP contribution in [0.4, 0.5) is 32.0 Å². The van der Waals surface area contributed by atoms with Gasteiger partial charge in [0, 0.05) is 23.4 Å². The molecular formula is C13H5F6NO. The van der Waals surface area contributed by atoms with Crippen molar-refractivity contribution in [1.82, 2.24) is 0 Å². The smallest absolute Gasteiger partial charge is 0.255 e. The van der Waals surface area contributed by atoms with Crippen molar-refractivity contribution in [2.45, 2.75) is 0 Å². The van der Waals surface area contributed by atoms with Gasteiger partial charge in [0.2, 0.25) is 0 Å². The van der Waals surface area contributed by atoms with Gasteiger partial charge in [-0.2, -0.15) is 0 Å². The van der Waals surface area contributed by atoms with Gasteiger partial charge in [0.25, 0.3) is 5.91 Å². The van der Waals surface area contributed by atoms with E-state index < -0.39 is 52.1 Å². The van der Waals surface area contributed by atoms with Crippen molar-refractivity contribution in [2.75, 3.05) is 5.32 Å². The predicted molar refractivity (Wildman–Crippen MR) is 60.6 cm³/mol. The molecule has 2 aromatic carbocycles. The Labute approximate surface area is 114 Å². The summed E-state index contributed by atoms with van der Waals surface area (Å²) in [7, 11) is 0. The fourth-order valence-electron chi connectivity index (χ4n) is 1.52. The second-order valence-electron chi connectivity index (χ2n) is 3.96. The van der Waals surface area contributed by atoms with E-state index in [2.05, 4.69) is 0 Å². The Morgan fingerprint density at radius 1 is 0.714 bits per heavy atom. The van der Waals surface area contributed by atoms with E-state index in [-0.39, 0.29) is 0 Å². The van der Waals surface area contributed by atoms with Gasteiger partial charge in [0.15, 0.2) is 34.9 Å². The van der Waals surface area contributed by atoms with Gasteiger partial charge in [-0.3, -0.25) is 4.79 Å². The first kappa shape index (κ1) is 14.9. The maximum Gasteiger partial charge on any atom is 0.255 e. The highest BCUT2D eigenvalue weighted by Crippen LogP contribution is 2.19. The number of hydrogen-bond acceptors (Lipinski definition) is 1. The Balaban J connectivity index is 2.30. The van der Waals surface area contributed by atoms with Gasteiger partial charge >= 0.3 is 0 Å². The molecule has 110 valence electrons. The molecule has 0 saturated carbocycles. The molecule has 0 aromatic heterocycles. The summed E-state index contributed by atoms with van der Waals surface area (Å²) in [6.07, 6.45) is 0. The van der Waals surface area contributed by atoms with Crippen LogP contribution in [-0.4, -0.2) is 5.91 Å². The van der Waals surface area contributed by atoms with Crippen molar-refractivity contribution >= 4 is 11.6 Å². The molecule has 0 fully saturated rings. The molecule has 8 heteroatoms. The molecule has 2 nitrogen and oxygen atoms in total. The van der Waals surface area contributed by atoms with Gasteiger partial charge in [-0.05, 0) is 12.1 Å². The average Bonchev–Trinajstić information content (AvgIpc) is 2.41. The highest BCUT2D eigenvalue weighted by Gasteiger charge is 2.17. The summed E-state index contributed by atoms with van der Waals surface area (Å²) in [5, 5.41) is 1.90. The van der Waals surface area contributed by atoms with Crippen molar-refractivity contribution in [2.24, 2.45) is 0 Å². The molecule has 0 atom stereocenters. The summed E-state index contributed by atoms with van der Waals surface area (Å²) in [6.45, 7) is 0. The number of rotatable bonds is 2. The summed E-state index contributed by atoms with van der Waals surface area (Å²) in [4.78, 5) is 11.6. The molecule has 0 aliphatic rings. The van der Waals surface area contributed by atoms with Crippen LogP contribution in [0, 0.1) is 34.9 Å². The van der Waals surface area contributed by atoms with Crippen LogP contribution >= 0.6 is 0 Å². The Kier molecular flexibility index (Phi) is 3.88. The Morgan fingerprint density at radius 3 is 1.52 bits per heavy atom. The van der Waals surface area contributed by atoms with Gasteiger partial charge in [0.05, 0.1) is 0 Å². The van der Waals surface area contributed by atoms with E-state index in [1.54, 1.807) is 0 Å². The molecule has 2 aromatic rings. The molecule has 0 aliphatic heterocycles. The van der Waals surface area contributed by atoms with Gasteiger partial charge < -0.3 is 5.32 Å². The van der Waals surface area contributed by atoms with Crippen LogP contribution in [0.15, 0.2) is 24.3 Å². The summed E-state index contributed by atoms with van der Waals surface area (Å²) in [5.74, 6) is -11.0. The van der Waals surface area contributed by atoms with E-state index in [9.17, 15) is 31.1 Å². The molecule has 2 rings (SSSR count). The minimum absolute atomic E-state index is 0.407. The largest absolute Gasteiger partial charge is 0.322 e. The fraction of sp³-hybridized carbons (Fsp3) is 0. The van der Waals surface area contributed by atoms with Crippen LogP contribution in [0.5, 0.6) is 0 Å². The monoisotopic (exact) mass is 305 g/mol. The van der Waals surface area contributed by atoms with Crippen molar-refractivity contribution in [3.8, 4) is 0 Å². The van der Waals surface area contributed by atoms with Crippen LogP contribution in [0.1, 0.15) is 10.4 Å². The van der Waals surface area contributed by atoms with Crippen molar-refractivity contribution in [1.29, 1.82) is 0 Å². The van der Waals surface area contributed by atoms with E-state index in [0.29, 0.717) is 24.3 Å². The Hall–Kier alpha value is -2.51. The normalized spacial score (nSPS) is 10.6. The molecule has 21 heavy (non-hydrogen) atoms. The second kappa shape index (κ2) is 5.47. The third-order valence-corrected chi connectivity index (χ3v) is 2.49. The van der Waals surface area contributed by atoms with E-state index in [1.165, 1.54) is 0 Å². The van der Waals surface area contributed by atoms with Crippen molar-refractivity contribution < 1.29 is 31.1 Å². The molecule has 0 radical (unpaired) electrons. The van der Waals surface area contributed by atoms with Crippen LogP contribution in [0.25, 0.3) is 0 Å². The number of anilines is 1. The lowest BCUT2D eigenvalue weighted by Crippen LogP contribution is -2.14. The SMILES string of the molecule is O=C(Nc1cc(F)c(F)c(F)c1)c1cc(F)c(F)c(F)c1. The van der Waals surface area contributed by atoms with Crippen LogP contribution in [0.3, 0.4) is 0 Å². The van der Waals surface area contributed by atoms with Gasteiger partial charge in [0.1, 0.15) is 0 Å². The van der Waals surface area contributed by atoms with Gasteiger partial charge in [-0.1, -0.05) is 0 Å². The van der Waals surface area contributed by atoms with E-state index >= 15 is 0 Å². The van der Waals surface area contributed by atoms with Crippen LogP contribution in [0.2, 0.25) is 0 Å². The highest BCUT2D eigenvalue weighted by molar-refractivity contribution is 6.04. The standard InChI is InChI=1S/C13H5F6NO/c14-7-1-5(2-8(15)11(7)18)13(21)20-6-3-9(16)12(19)10(17)4-6/h1-4H,(H,20,21). The van der Waals surface area contributed by atoms with E-state index in [4.69, 9.17) is 0 Å². The van der Waals surface area contributed by atoms with E-state index in [0.717, 1.165) is 0 Å². The predicted octanol–water partition coefficient (Wildman–Crippen LogP) is 3.77. The zero-order chi connectivity index (χ0) is 15.7. The van der Waals surface area contributed by atoms with Crippen molar-refractivity contribution in [3.05, 3.63) is 64.7 Å². The van der Waals surface area contributed by atoms with Crippen LogP contribution in [-0.2, 0) is 0 Å². The maximum absolute atomic E-state index is 13.0. The Morgan fingerprint density at radius 2 is 1.10 bits per heavy atom. The number of halogens is 6. The third-order valence-electron chi connectivity index (χ3n) is 2.49. The first-order valence-electron chi connectivity index (χ1n) is 5.40. The third kappa shape index (κ3) is 2.99. The van der Waals surface area contributed by atoms with Gasteiger partial charge in [-0.25, -0.2) is 26.3 Å². The van der Waals surface area contributed by atoms with E-state index in [1.807, 2.05) is 5.32 Å². The Bertz CT molecular complexity index is 685. The quantitative estimate of drug-likeness (QED) is 0.664. The molecule has 0 bridgehead atoms. The molecule has 1 amide bonds. The molecular weight excluding hydrogens is 300 g/mol.